The number of nitrogen functional groups attached to an aromatic ring is 1. The van der Waals surface area contributed by atoms with E-state index in [2.05, 4.69) is 15.6 Å². The molecule has 29 heavy (non-hydrogen) atoms. The molecule has 1 heterocycles. The van der Waals surface area contributed by atoms with Crippen LogP contribution in [0.25, 0.3) is 0 Å². The second kappa shape index (κ2) is 9.44. The van der Waals surface area contributed by atoms with E-state index < -0.39 is 0 Å². The highest BCUT2D eigenvalue weighted by Crippen LogP contribution is 2.30. The highest BCUT2D eigenvalue weighted by Gasteiger charge is 2.17. The summed E-state index contributed by atoms with van der Waals surface area (Å²) in [4.78, 5) is 31.1. The van der Waals surface area contributed by atoms with Crippen molar-refractivity contribution in [3.8, 4) is 0 Å². The molecule has 0 aliphatic heterocycles. The Kier molecular flexibility index (Phi) is 6.73. The summed E-state index contributed by atoms with van der Waals surface area (Å²) in [6.07, 6.45) is 0. The molecule has 3 rings (SSSR count). The minimum atomic E-state index is -0.321. The van der Waals surface area contributed by atoms with Crippen molar-refractivity contribution in [2.45, 2.75) is 4.34 Å². The number of thioether (sulfide) groups is 1. The third kappa shape index (κ3) is 5.72. The van der Waals surface area contributed by atoms with E-state index >= 15 is 0 Å². The Morgan fingerprint density at radius 2 is 1.69 bits per heavy atom. The Morgan fingerprint density at radius 3 is 2.34 bits per heavy atom. The standard InChI is InChI=1S/C20H21N5O2S2/c1-25(2)15-10-8-14(9-11-15)23-19(27)17-18(21)24-20(29-17)28-12-16(26)22-13-6-4-3-5-7-13/h3-11H,12,21H2,1-2H3,(H,22,26)(H,23,27). The maximum atomic E-state index is 12.5. The number of aromatic nitrogens is 1. The lowest BCUT2D eigenvalue weighted by Gasteiger charge is -2.12. The van der Waals surface area contributed by atoms with Crippen LogP contribution < -0.4 is 21.3 Å². The zero-order valence-electron chi connectivity index (χ0n) is 16.0. The largest absolute Gasteiger partial charge is 0.382 e. The van der Waals surface area contributed by atoms with Crippen molar-refractivity contribution in [2.75, 3.05) is 41.1 Å². The molecule has 0 aliphatic rings. The number of para-hydroxylation sites is 1. The molecule has 3 aromatic rings. The molecule has 0 unspecified atom stereocenters. The smallest absolute Gasteiger partial charge is 0.269 e. The van der Waals surface area contributed by atoms with Crippen molar-refractivity contribution < 1.29 is 9.59 Å². The van der Waals surface area contributed by atoms with Crippen molar-refractivity contribution in [1.29, 1.82) is 0 Å². The van der Waals surface area contributed by atoms with E-state index in [1.807, 2.05) is 73.6 Å². The fourth-order valence-electron chi connectivity index (χ4n) is 2.41. The van der Waals surface area contributed by atoms with Gasteiger partial charge in [-0.15, -0.1) is 11.3 Å². The second-order valence-corrected chi connectivity index (χ2v) is 8.51. The number of nitrogens with zero attached hydrogens (tertiary/aromatic N) is 2. The SMILES string of the molecule is CN(C)c1ccc(NC(=O)c2sc(SCC(=O)Nc3ccccc3)nc2N)cc1. The number of benzene rings is 2. The van der Waals surface area contributed by atoms with Gasteiger partial charge in [-0.05, 0) is 36.4 Å². The number of hydrogen-bond donors (Lipinski definition) is 3. The summed E-state index contributed by atoms with van der Waals surface area (Å²) >= 11 is 2.41. The van der Waals surface area contributed by atoms with Gasteiger partial charge in [-0.2, -0.15) is 0 Å². The monoisotopic (exact) mass is 427 g/mol. The van der Waals surface area contributed by atoms with Gasteiger partial charge in [0.15, 0.2) is 4.34 Å². The van der Waals surface area contributed by atoms with Gasteiger partial charge in [-0.3, -0.25) is 9.59 Å². The highest BCUT2D eigenvalue weighted by molar-refractivity contribution is 8.01. The molecular weight excluding hydrogens is 406 g/mol. The Hall–Kier alpha value is -3.04. The number of carbonyl (C=O) groups excluding carboxylic acids is 2. The van der Waals surface area contributed by atoms with Gasteiger partial charge in [0.25, 0.3) is 5.91 Å². The minimum absolute atomic E-state index is 0.151. The van der Waals surface area contributed by atoms with Gasteiger partial charge < -0.3 is 21.3 Å². The number of nitrogens with two attached hydrogens (primary N) is 1. The Balaban J connectivity index is 1.57. The van der Waals surface area contributed by atoms with Crippen LogP contribution in [0.2, 0.25) is 0 Å². The van der Waals surface area contributed by atoms with E-state index in [-0.39, 0.29) is 23.4 Å². The number of thiazole rings is 1. The van der Waals surface area contributed by atoms with Crippen LogP contribution in [-0.4, -0.2) is 36.6 Å². The van der Waals surface area contributed by atoms with E-state index in [0.29, 0.717) is 14.9 Å². The third-order valence-corrected chi connectivity index (χ3v) is 6.08. The van der Waals surface area contributed by atoms with E-state index in [4.69, 9.17) is 5.73 Å². The average molecular weight is 428 g/mol. The third-order valence-electron chi connectivity index (χ3n) is 3.87. The quantitative estimate of drug-likeness (QED) is 0.496. The van der Waals surface area contributed by atoms with Crippen LogP contribution in [0.15, 0.2) is 58.9 Å². The lowest BCUT2D eigenvalue weighted by molar-refractivity contribution is -0.113. The minimum Gasteiger partial charge on any atom is -0.382 e. The van der Waals surface area contributed by atoms with Crippen LogP contribution in [0.3, 0.4) is 0 Å². The van der Waals surface area contributed by atoms with Gasteiger partial charge in [-0.25, -0.2) is 4.98 Å². The first-order valence-electron chi connectivity index (χ1n) is 8.75. The van der Waals surface area contributed by atoms with Crippen LogP contribution in [-0.2, 0) is 4.79 Å². The summed E-state index contributed by atoms with van der Waals surface area (Å²) in [5, 5.41) is 5.63. The van der Waals surface area contributed by atoms with Gasteiger partial charge in [0.2, 0.25) is 5.91 Å². The summed E-state index contributed by atoms with van der Waals surface area (Å²) in [7, 11) is 3.90. The molecule has 0 atom stereocenters. The lowest BCUT2D eigenvalue weighted by atomic mass is 10.2. The van der Waals surface area contributed by atoms with Crippen LogP contribution in [0.4, 0.5) is 22.9 Å². The predicted molar refractivity (Wildman–Crippen MR) is 121 cm³/mol. The molecule has 0 radical (unpaired) electrons. The number of rotatable bonds is 7. The zero-order chi connectivity index (χ0) is 20.8. The summed E-state index contributed by atoms with van der Waals surface area (Å²) in [5.41, 5.74) is 8.35. The van der Waals surface area contributed by atoms with E-state index in [0.717, 1.165) is 11.4 Å². The molecule has 1 aromatic heterocycles. The Morgan fingerprint density at radius 1 is 1.03 bits per heavy atom. The summed E-state index contributed by atoms with van der Waals surface area (Å²) in [5.74, 6) is -0.141. The Bertz CT molecular complexity index is 988. The van der Waals surface area contributed by atoms with Crippen molar-refractivity contribution >= 4 is 57.8 Å². The fraction of sp³-hybridized carbons (Fsp3) is 0.150. The van der Waals surface area contributed by atoms with Crippen molar-refractivity contribution in [3.05, 3.63) is 59.5 Å². The van der Waals surface area contributed by atoms with Crippen LogP contribution >= 0.6 is 23.1 Å². The fourth-order valence-corrected chi connectivity index (χ4v) is 4.18. The number of anilines is 4. The topological polar surface area (TPSA) is 100 Å². The molecule has 0 saturated carbocycles. The van der Waals surface area contributed by atoms with Gasteiger partial charge in [0.1, 0.15) is 10.7 Å². The average Bonchev–Trinajstić information content (AvgIpc) is 3.08. The summed E-state index contributed by atoms with van der Waals surface area (Å²) in [6.45, 7) is 0. The van der Waals surface area contributed by atoms with Gasteiger partial charge in [-0.1, -0.05) is 30.0 Å². The molecule has 150 valence electrons. The number of amides is 2. The van der Waals surface area contributed by atoms with Crippen LogP contribution in [0.1, 0.15) is 9.67 Å². The molecule has 0 bridgehead atoms. The first kappa shape index (κ1) is 20.7. The van der Waals surface area contributed by atoms with Gasteiger partial charge in [0, 0.05) is 31.2 Å². The molecule has 0 aliphatic carbocycles. The molecule has 2 amide bonds. The first-order valence-corrected chi connectivity index (χ1v) is 10.6. The lowest BCUT2D eigenvalue weighted by Crippen LogP contribution is -2.13. The highest BCUT2D eigenvalue weighted by atomic mass is 32.2. The maximum Gasteiger partial charge on any atom is 0.269 e. The molecule has 0 fully saturated rings. The van der Waals surface area contributed by atoms with Crippen molar-refractivity contribution in [3.63, 3.8) is 0 Å². The predicted octanol–water partition coefficient (Wildman–Crippen LogP) is 3.77. The first-order chi connectivity index (χ1) is 13.9. The molecule has 0 saturated heterocycles. The molecule has 9 heteroatoms. The normalized spacial score (nSPS) is 10.4. The second-order valence-electron chi connectivity index (χ2n) is 6.29. The van der Waals surface area contributed by atoms with E-state index in [1.54, 1.807) is 0 Å². The zero-order valence-corrected chi connectivity index (χ0v) is 17.6. The van der Waals surface area contributed by atoms with Crippen molar-refractivity contribution in [2.24, 2.45) is 0 Å². The molecular formula is C20H21N5O2S2. The molecule has 2 aromatic carbocycles. The van der Waals surface area contributed by atoms with Crippen LogP contribution in [0, 0.1) is 0 Å². The van der Waals surface area contributed by atoms with E-state index in [1.165, 1.54) is 23.1 Å². The summed E-state index contributed by atoms with van der Waals surface area (Å²) in [6, 6.07) is 16.7. The molecule has 7 nitrogen and oxygen atoms in total. The number of hydrogen-bond acceptors (Lipinski definition) is 7. The molecule has 4 N–H and O–H groups in total. The van der Waals surface area contributed by atoms with E-state index in [9.17, 15) is 9.59 Å². The number of carbonyl (C=O) groups is 2. The molecule has 0 spiro atoms. The van der Waals surface area contributed by atoms with Gasteiger partial charge in [0.05, 0.1) is 5.75 Å². The number of nitrogens with one attached hydrogen (secondary N) is 2. The van der Waals surface area contributed by atoms with Crippen LogP contribution in [0.5, 0.6) is 0 Å². The Labute approximate surface area is 177 Å². The maximum absolute atomic E-state index is 12.5. The van der Waals surface area contributed by atoms with Gasteiger partial charge >= 0.3 is 0 Å². The summed E-state index contributed by atoms with van der Waals surface area (Å²) < 4.78 is 0.568. The van der Waals surface area contributed by atoms with Crippen molar-refractivity contribution in [1.82, 2.24) is 4.98 Å².